The third-order valence-electron chi connectivity index (χ3n) is 15.6. The fraction of sp³-hybridized carbons (Fsp3) is 0.443. The molecule has 0 radical (unpaired) electrons. The van der Waals surface area contributed by atoms with Gasteiger partial charge in [-0.1, -0.05) is 43.3 Å². The van der Waals surface area contributed by atoms with Gasteiger partial charge in [-0.2, -0.15) is 16.6 Å². The lowest BCUT2D eigenvalue weighted by Crippen LogP contribution is -2.44. The van der Waals surface area contributed by atoms with Crippen molar-refractivity contribution >= 4 is 70.8 Å². The van der Waals surface area contributed by atoms with Crippen LogP contribution < -0.4 is 29.5 Å². The Labute approximate surface area is 476 Å². The lowest BCUT2D eigenvalue weighted by Gasteiger charge is -2.30. The highest BCUT2D eigenvalue weighted by atomic mass is 32.2. The number of nitrogens with one attached hydrogen (secondary N) is 1. The van der Waals surface area contributed by atoms with Crippen LogP contribution in [0.15, 0.2) is 107 Å². The van der Waals surface area contributed by atoms with Crippen LogP contribution in [0.1, 0.15) is 78.1 Å². The fourth-order valence-electron chi connectivity index (χ4n) is 11.4. The van der Waals surface area contributed by atoms with Crippen molar-refractivity contribution in [2.75, 3.05) is 94.5 Å². The van der Waals surface area contributed by atoms with Crippen LogP contribution in [-0.4, -0.2) is 143 Å². The maximum atomic E-state index is 14.6. The lowest BCUT2D eigenvalue weighted by molar-refractivity contribution is -0.694. The summed E-state index contributed by atoms with van der Waals surface area (Å²) in [5.41, 5.74) is 7.93. The van der Waals surface area contributed by atoms with Crippen LogP contribution in [0.2, 0.25) is 0 Å². The molecule has 1 spiro atoms. The zero-order valence-corrected chi connectivity index (χ0v) is 47.3. The normalized spacial score (nSPS) is 19.8. The minimum atomic E-state index is -0.588. The number of para-hydroxylation sites is 2. The van der Waals surface area contributed by atoms with Crippen molar-refractivity contribution in [3.8, 4) is 11.5 Å². The largest absolute Gasteiger partial charge is 0.497 e. The van der Waals surface area contributed by atoms with Gasteiger partial charge in [0.1, 0.15) is 19.0 Å². The minimum absolute atomic E-state index is 0.0589. The first-order chi connectivity index (χ1) is 39.4. The summed E-state index contributed by atoms with van der Waals surface area (Å²) in [5.74, 6) is 0.587. The van der Waals surface area contributed by atoms with Gasteiger partial charge in [0, 0.05) is 79.7 Å². The van der Waals surface area contributed by atoms with Crippen LogP contribution in [0.4, 0.5) is 22.7 Å². The third-order valence-corrected chi connectivity index (χ3v) is 16.8. The zero-order valence-electron chi connectivity index (χ0n) is 46.4. The van der Waals surface area contributed by atoms with E-state index in [0.717, 1.165) is 58.7 Å². The van der Waals surface area contributed by atoms with Gasteiger partial charge in [-0.05, 0) is 90.4 Å². The molecule has 19 nitrogen and oxygen atoms in total. The van der Waals surface area contributed by atoms with Crippen LogP contribution in [0.3, 0.4) is 0 Å². The number of hydroxylamine groups is 1. The molecule has 1 saturated carbocycles. The van der Waals surface area contributed by atoms with Gasteiger partial charge < -0.3 is 58.3 Å². The number of amides is 3. The summed E-state index contributed by atoms with van der Waals surface area (Å²) in [6.45, 7) is 9.98. The van der Waals surface area contributed by atoms with Gasteiger partial charge in [-0.25, -0.2) is 9.59 Å². The Morgan fingerprint density at radius 1 is 0.889 bits per heavy atom. The molecule has 2 N–H and O–H groups in total. The Balaban J connectivity index is 0.900. The third kappa shape index (κ3) is 12.6. The second-order valence-electron chi connectivity index (χ2n) is 20.9. The van der Waals surface area contributed by atoms with Gasteiger partial charge in [0.2, 0.25) is 5.91 Å². The Bertz CT molecular complexity index is 3150. The summed E-state index contributed by atoms with van der Waals surface area (Å²) in [6.07, 6.45) is 5.52. The van der Waals surface area contributed by atoms with Crippen LogP contribution in [0, 0.1) is 5.92 Å². The van der Waals surface area contributed by atoms with Crippen LogP contribution in [0.5, 0.6) is 11.5 Å². The summed E-state index contributed by atoms with van der Waals surface area (Å²) < 4.78 is 42.8. The molecule has 4 aromatic carbocycles. The molecule has 0 bridgehead atoms. The molecular weight excluding hydrogens is 1060 g/mol. The van der Waals surface area contributed by atoms with Gasteiger partial charge in [0.05, 0.1) is 100 Å². The summed E-state index contributed by atoms with van der Waals surface area (Å²) in [6, 6.07) is 25.7. The molecule has 3 unspecified atom stereocenters. The number of hydrogen-bond donors (Lipinski definition) is 2. The maximum absolute atomic E-state index is 14.6. The van der Waals surface area contributed by atoms with Gasteiger partial charge >= 0.3 is 17.8 Å². The van der Waals surface area contributed by atoms with E-state index in [0.29, 0.717) is 110 Å². The molecule has 4 atom stereocenters. The highest BCUT2D eigenvalue weighted by molar-refractivity contribution is 7.99. The number of hydrogen-bond acceptors (Lipinski definition) is 16. The molecular formula is C61H71N6O13S+. The summed E-state index contributed by atoms with van der Waals surface area (Å²) >= 11 is 1.70. The molecule has 4 aromatic rings. The number of ether oxygens (including phenoxy) is 7. The molecule has 1 saturated heterocycles. The highest BCUT2D eigenvalue weighted by Crippen LogP contribution is 2.56. The molecule has 2 aliphatic carbocycles. The van der Waals surface area contributed by atoms with E-state index in [1.54, 1.807) is 43.0 Å². The van der Waals surface area contributed by atoms with Crippen molar-refractivity contribution < 1.29 is 67.0 Å². The molecule has 81 heavy (non-hydrogen) atoms. The highest BCUT2D eigenvalue weighted by Gasteiger charge is 2.66. The van der Waals surface area contributed by atoms with E-state index in [2.05, 4.69) is 47.0 Å². The molecule has 4 aliphatic heterocycles. The minimum Gasteiger partial charge on any atom is -0.497 e. The van der Waals surface area contributed by atoms with Gasteiger partial charge in [-0.3, -0.25) is 14.6 Å². The van der Waals surface area contributed by atoms with Crippen LogP contribution in [-0.2, 0) is 69.0 Å². The van der Waals surface area contributed by atoms with Crippen LogP contribution >= 0.6 is 11.8 Å². The van der Waals surface area contributed by atoms with Crippen molar-refractivity contribution in [2.45, 2.75) is 88.3 Å². The number of carbonyl (C=O) groups is 4. The molecule has 6 aliphatic rings. The van der Waals surface area contributed by atoms with Crippen molar-refractivity contribution in [1.82, 2.24) is 5.32 Å². The smallest absolute Gasteiger partial charge is 0.439 e. The molecule has 428 valence electrons. The summed E-state index contributed by atoms with van der Waals surface area (Å²) in [5, 5.41) is 13.8. The number of benzene rings is 4. The number of aliphatic hydroxyl groups excluding tert-OH is 1. The zero-order chi connectivity index (χ0) is 56.6. The molecule has 0 aromatic heterocycles. The van der Waals surface area contributed by atoms with Crippen molar-refractivity contribution in [3.05, 3.63) is 130 Å². The topological polar surface area (TPSA) is 199 Å². The molecule has 4 heterocycles. The SMILES string of the molecule is C=Nc1cc(OCc2cc(COC3=C(OC)CC4C(=O)N5c6ccccc6CC56CC6NC4=C3)cc(N(CCOCCOCCOC)C[C@H](C)SCCCC(=O)O[N+]3=C(O)CCC3=O)c2)c(OC)cc1C(=O)N1CCc2ccccc21. The summed E-state index contributed by atoms with van der Waals surface area (Å²) in [7, 11) is 4.78. The average molecular weight is 1130 g/mol. The predicted octanol–water partition coefficient (Wildman–Crippen LogP) is 7.93. The number of allylic oxidation sites excluding steroid dienone is 2. The van der Waals surface area contributed by atoms with E-state index in [1.165, 1.54) is 12.7 Å². The quantitative estimate of drug-likeness (QED) is 0.0240. The Kier molecular flexibility index (Phi) is 18.0. The Morgan fingerprint density at radius 3 is 2.37 bits per heavy atom. The number of anilines is 3. The number of fused-ring (bicyclic) bond motifs is 4. The number of methoxy groups -OCH3 is 3. The van der Waals surface area contributed by atoms with Gasteiger partial charge in [0.25, 0.3) is 5.91 Å². The lowest BCUT2D eigenvalue weighted by atomic mass is 9.92. The maximum Gasteiger partial charge on any atom is 0.439 e. The first-order valence-corrected chi connectivity index (χ1v) is 28.7. The number of aliphatic imine (C=N–C) groups is 1. The average Bonchev–Trinajstić information content (AvgIpc) is 2.86. The monoisotopic (exact) mass is 1130 g/mol. The van der Waals surface area contributed by atoms with Crippen molar-refractivity contribution in [2.24, 2.45) is 10.9 Å². The number of aliphatic hydroxyl groups is 1. The van der Waals surface area contributed by atoms with E-state index >= 15 is 0 Å². The second kappa shape index (κ2) is 25.6. The number of carbonyl (C=O) groups excluding carboxylic acids is 4. The number of rotatable bonds is 28. The van der Waals surface area contributed by atoms with E-state index in [1.807, 2.05) is 59.5 Å². The first-order valence-electron chi connectivity index (χ1n) is 27.7. The first kappa shape index (κ1) is 56.9. The molecule has 10 rings (SSSR count). The Hall–Kier alpha value is -7.39. The molecule has 3 amide bonds. The van der Waals surface area contributed by atoms with E-state index < -0.39 is 17.8 Å². The second-order valence-corrected chi connectivity index (χ2v) is 22.5. The number of thioether (sulfide) groups is 1. The molecule has 20 heteroatoms. The number of nitrogens with zero attached hydrogens (tertiary/aromatic N) is 5. The standard InChI is InChI=1S/C61H70N6O13S/c1-39(81-26-10-15-58(70)80-67-56(68)16-17-57(67)69)36-64(20-21-76-24-25-77-23-22-73-3)44-28-40(37-78-53-32-47(62-2)45(30-51(53)74-4)59(71)65-19-18-42-11-6-8-13-49(42)65)27-41(29-44)38-79-54-33-48-46(31-52(54)75-5)60(72)66-50-14-9-7-12-43(50)34-61(66)35-55(61)63-48/h6-9,11-14,27-30,32-33,39,46,55,63H,2,10,15-26,31,34-38H2,1,3-5H3/p+1/t39-,46?,55?,61?/m0/s1. The van der Waals surface area contributed by atoms with Crippen LogP contribution in [0.25, 0.3) is 0 Å². The van der Waals surface area contributed by atoms with E-state index in [9.17, 15) is 24.3 Å². The van der Waals surface area contributed by atoms with E-state index in [-0.39, 0.29) is 67.0 Å². The Morgan fingerprint density at radius 2 is 1.63 bits per heavy atom. The van der Waals surface area contributed by atoms with Crippen molar-refractivity contribution in [3.63, 3.8) is 0 Å². The summed E-state index contributed by atoms with van der Waals surface area (Å²) in [4.78, 5) is 68.9. The fourth-order valence-corrected chi connectivity index (χ4v) is 12.4. The predicted molar refractivity (Wildman–Crippen MR) is 307 cm³/mol. The van der Waals surface area contributed by atoms with Gasteiger partial charge in [-0.15, -0.1) is 0 Å². The van der Waals surface area contributed by atoms with Gasteiger partial charge in [0.15, 0.2) is 17.3 Å². The molecule has 2 fully saturated rings. The van der Waals surface area contributed by atoms with Crippen molar-refractivity contribution in [1.29, 1.82) is 0 Å². The van der Waals surface area contributed by atoms with E-state index in [4.69, 9.17) is 38.0 Å².